The maximum absolute atomic E-state index is 13.1. The van der Waals surface area contributed by atoms with E-state index in [9.17, 15) is 14.4 Å². The van der Waals surface area contributed by atoms with Gasteiger partial charge in [0.25, 0.3) is 11.5 Å². The van der Waals surface area contributed by atoms with Crippen LogP contribution in [0.5, 0.6) is 0 Å². The summed E-state index contributed by atoms with van der Waals surface area (Å²) in [6.07, 6.45) is 7.41. The summed E-state index contributed by atoms with van der Waals surface area (Å²) in [4.78, 5) is 48.3. The molecule has 0 bridgehead atoms. The molecule has 2 saturated heterocycles. The van der Waals surface area contributed by atoms with Crippen molar-refractivity contribution in [2.24, 2.45) is 0 Å². The van der Waals surface area contributed by atoms with Gasteiger partial charge in [0.1, 0.15) is 17.6 Å². The highest BCUT2D eigenvalue weighted by Gasteiger charge is 2.32. The molecule has 2 aliphatic rings. The minimum Gasteiger partial charge on any atom is -0.383 e. The topological polar surface area (TPSA) is 219 Å². The van der Waals surface area contributed by atoms with Gasteiger partial charge in [0.05, 0.1) is 79.7 Å². The summed E-state index contributed by atoms with van der Waals surface area (Å²) < 4.78 is 19.9. The van der Waals surface area contributed by atoms with Gasteiger partial charge in [-0.05, 0) is 44.4 Å². The Morgan fingerprint density at radius 2 is 1.75 bits per heavy atom. The Labute approximate surface area is 356 Å². The molecule has 2 fully saturated rings. The number of nitrogens with two attached hydrogens (primary N) is 1. The van der Waals surface area contributed by atoms with Crippen molar-refractivity contribution in [2.45, 2.75) is 57.3 Å². The molecule has 0 saturated carbocycles. The van der Waals surface area contributed by atoms with Gasteiger partial charge in [-0.15, -0.1) is 5.10 Å². The number of benzene rings is 2. The van der Waals surface area contributed by atoms with Crippen LogP contribution < -0.4 is 32.1 Å². The zero-order valence-electron chi connectivity index (χ0n) is 33.2. The molecule has 60 heavy (non-hydrogen) atoms. The first-order chi connectivity index (χ1) is 29.1. The highest BCUT2D eigenvalue weighted by atomic mass is 35.5. The number of halogens is 2. The number of nitrogens with zero attached hydrogens (tertiary/aromatic N) is 8. The first kappa shape index (κ1) is 42.9. The van der Waals surface area contributed by atoms with Crippen LogP contribution in [0, 0.1) is 0 Å². The second kappa shape index (κ2) is 19.9. The molecule has 318 valence electrons. The second-order valence-corrected chi connectivity index (χ2v) is 15.6. The fraction of sp³-hybridized carbons (Fsp3) is 0.450. The number of nitrogens with one attached hydrogen (secondary N) is 3. The van der Waals surface area contributed by atoms with Gasteiger partial charge in [-0.25, -0.2) is 19.3 Å². The molecule has 2 aromatic carbocycles. The third-order valence-corrected chi connectivity index (χ3v) is 11.4. The number of carbonyl (C=O) groups is 2. The maximum atomic E-state index is 13.1. The average Bonchev–Trinajstić information content (AvgIpc) is 3.70. The third-order valence-electron chi connectivity index (χ3n) is 10.6. The average molecular weight is 864 g/mol. The number of rotatable bonds is 19. The zero-order valence-corrected chi connectivity index (χ0v) is 34.8. The van der Waals surface area contributed by atoms with E-state index in [1.54, 1.807) is 41.3 Å². The lowest BCUT2D eigenvalue weighted by Crippen LogP contribution is -2.51. The first-order valence-electron chi connectivity index (χ1n) is 19.9. The van der Waals surface area contributed by atoms with Gasteiger partial charge in [-0.3, -0.25) is 19.7 Å². The van der Waals surface area contributed by atoms with Crippen LogP contribution in [0.4, 0.5) is 17.3 Å². The second-order valence-electron chi connectivity index (χ2n) is 14.9. The fourth-order valence-electron chi connectivity index (χ4n) is 7.05. The Morgan fingerprint density at radius 3 is 2.52 bits per heavy atom. The molecule has 1 atom stereocenters. The number of hydrogen-bond donors (Lipinski definition) is 4. The van der Waals surface area contributed by atoms with Crippen LogP contribution in [0.2, 0.25) is 10.0 Å². The van der Waals surface area contributed by atoms with Crippen molar-refractivity contribution in [1.29, 1.82) is 0 Å². The number of fused-ring (bicyclic) bond motifs is 1. The molecule has 1 unspecified atom stereocenters. The number of carbonyl (C=O) groups excluding carboxylic acids is 2. The van der Waals surface area contributed by atoms with Crippen molar-refractivity contribution in [3.8, 4) is 11.3 Å². The van der Waals surface area contributed by atoms with E-state index in [0.717, 1.165) is 47.8 Å². The summed E-state index contributed by atoms with van der Waals surface area (Å²) in [6, 6.07) is 9.91. The molecular weight excluding hydrogens is 815 g/mol. The normalized spacial score (nSPS) is 16.6. The summed E-state index contributed by atoms with van der Waals surface area (Å²) in [7, 11) is 0. The molecule has 2 amide bonds. The number of aromatic nitrogens is 7. The van der Waals surface area contributed by atoms with E-state index in [1.807, 2.05) is 18.3 Å². The zero-order chi connectivity index (χ0) is 42.1. The largest absolute Gasteiger partial charge is 0.383 e. The summed E-state index contributed by atoms with van der Waals surface area (Å²) in [6.45, 7) is 8.16. The number of piperidine rings is 2. The number of nitrogen functional groups attached to an aromatic ring is 1. The molecule has 18 nitrogen and oxygen atoms in total. The number of hydrogen-bond acceptors (Lipinski definition) is 15. The van der Waals surface area contributed by atoms with E-state index < -0.39 is 11.9 Å². The monoisotopic (exact) mass is 862 g/mol. The Balaban J connectivity index is 0.725. The molecule has 20 heteroatoms. The Bertz CT molecular complexity index is 2350. The molecule has 0 radical (unpaired) electrons. The lowest BCUT2D eigenvalue weighted by atomic mass is 9.89. The molecule has 5 aromatic rings. The minimum absolute atomic E-state index is 0.0770. The lowest BCUT2D eigenvalue weighted by Gasteiger charge is -2.40. The van der Waals surface area contributed by atoms with Crippen molar-refractivity contribution < 1.29 is 23.8 Å². The van der Waals surface area contributed by atoms with Crippen LogP contribution in [-0.4, -0.2) is 111 Å². The maximum Gasteiger partial charge on any atom is 0.275 e. The van der Waals surface area contributed by atoms with Crippen molar-refractivity contribution in [3.05, 3.63) is 81.1 Å². The molecule has 3 aromatic heterocycles. The van der Waals surface area contributed by atoms with Crippen LogP contribution in [-0.2, 0) is 36.9 Å². The molecular formula is C40H48Cl2N12O6. The van der Waals surface area contributed by atoms with Crippen molar-refractivity contribution in [1.82, 2.24) is 45.4 Å². The molecule has 5 N–H and O–H groups in total. The molecule has 7 rings (SSSR count). The number of amides is 2. The van der Waals surface area contributed by atoms with Crippen LogP contribution >= 0.6 is 23.2 Å². The van der Waals surface area contributed by atoms with Gasteiger partial charge in [-0.1, -0.05) is 46.6 Å². The van der Waals surface area contributed by atoms with Gasteiger partial charge in [0.2, 0.25) is 5.91 Å². The van der Waals surface area contributed by atoms with Crippen LogP contribution in [0.3, 0.4) is 0 Å². The van der Waals surface area contributed by atoms with E-state index in [0.29, 0.717) is 97.2 Å². The summed E-state index contributed by atoms with van der Waals surface area (Å²) in [5.41, 5.74) is 8.60. The van der Waals surface area contributed by atoms with E-state index >= 15 is 0 Å². The van der Waals surface area contributed by atoms with Gasteiger partial charge in [0.15, 0.2) is 5.82 Å². The van der Waals surface area contributed by atoms with Crippen molar-refractivity contribution in [2.75, 3.05) is 75.2 Å². The highest BCUT2D eigenvalue weighted by molar-refractivity contribution is 6.43. The predicted octanol–water partition coefficient (Wildman–Crippen LogP) is 3.62. The Hall–Kier alpha value is -5.24. The minimum atomic E-state index is -0.814. The van der Waals surface area contributed by atoms with Gasteiger partial charge in [0, 0.05) is 61.0 Å². The van der Waals surface area contributed by atoms with Crippen LogP contribution in [0.1, 0.15) is 44.3 Å². The van der Waals surface area contributed by atoms with Crippen LogP contribution in [0.15, 0.2) is 59.8 Å². The molecule has 0 spiro atoms. The van der Waals surface area contributed by atoms with Crippen molar-refractivity contribution >= 4 is 63.1 Å². The van der Waals surface area contributed by atoms with Gasteiger partial charge in [-0.2, -0.15) is 5.10 Å². The number of anilines is 3. The van der Waals surface area contributed by atoms with E-state index in [2.05, 4.69) is 53.2 Å². The lowest BCUT2D eigenvalue weighted by molar-refractivity contribution is -0.136. The molecule has 5 heterocycles. The summed E-state index contributed by atoms with van der Waals surface area (Å²) in [5.74, 6) is 0.171. The van der Waals surface area contributed by atoms with Gasteiger partial charge < -0.3 is 35.5 Å². The molecule has 2 aliphatic heterocycles. The van der Waals surface area contributed by atoms with Crippen LogP contribution in [0.25, 0.3) is 22.0 Å². The third kappa shape index (κ3) is 10.7. The first-order valence-corrected chi connectivity index (χ1v) is 20.6. The number of imide groups is 1. The fourth-order valence-corrected chi connectivity index (χ4v) is 7.44. The summed E-state index contributed by atoms with van der Waals surface area (Å²) >= 11 is 12.6. The van der Waals surface area contributed by atoms with E-state index in [4.69, 9.17) is 43.1 Å². The number of ether oxygens (including phenoxy) is 3. The van der Waals surface area contributed by atoms with E-state index in [1.165, 1.54) is 0 Å². The quantitative estimate of drug-likeness (QED) is 0.0689. The predicted molar refractivity (Wildman–Crippen MR) is 227 cm³/mol. The smallest absolute Gasteiger partial charge is 0.275 e. The van der Waals surface area contributed by atoms with Crippen molar-refractivity contribution in [3.63, 3.8) is 0 Å². The Morgan fingerprint density at radius 1 is 0.983 bits per heavy atom. The standard InChI is InChI=1S/C40H48Cl2N12O6/c1-40(9-12-52(13-10-40)33-24-45-36(37(43)48-33)29-3-2-4-31(41)35(29)42)46-23-28-25-53(51-50-28)14-16-59-18-20-60-19-17-58-15-11-44-27-6-5-26-22-47-54(39(57)30(26)21-27)32-7-8-34(55)49-38(32)56/h2-6,21-22,24-25,32,44,46H,7-20,23H2,1H3,(H2,43,48)(H,49,55,56). The summed E-state index contributed by atoms with van der Waals surface area (Å²) in [5, 5.41) is 23.9. The SMILES string of the molecule is CC1(NCc2cn(CCOCCOCCOCCNc3ccc4cnn(C5CCC(=O)NC5=O)c(=O)c4c3)nn2)CCN(c2cnc(-c3cccc(Cl)c3Cl)c(N)n2)CC1. The van der Waals surface area contributed by atoms with E-state index in [-0.39, 0.29) is 29.8 Å². The van der Waals surface area contributed by atoms with Gasteiger partial charge >= 0.3 is 0 Å². The highest BCUT2D eigenvalue weighted by Crippen LogP contribution is 2.35. The Kier molecular flexibility index (Phi) is 14.2. The molecule has 0 aliphatic carbocycles.